The predicted molar refractivity (Wildman–Crippen MR) is 131 cm³/mol. The monoisotopic (exact) mass is 402 g/mol. The number of fused-ring (bicyclic) bond motifs is 1. The van der Waals surface area contributed by atoms with E-state index in [2.05, 4.69) is 89.5 Å². The molecule has 1 saturated heterocycles. The summed E-state index contributed by atoms with van der Waals surface area (Å²) in [5.41, 5.74) is 3.08. The summed E-state index contributed by atoms with van der Waals surface area (Å²) in [5.74, 6) is 1.56. The van der Waals surface area contributed by atoms with Crippen molar-refractivity contribution in [1.82, 2.24) is 9.80 Å². The Labute approximate surface area is 183 Å². The molecule has 2 aliphatic heterocycles. The average Bonchev–Trinajstić information content (AvgIpc) is 2.67. The zero-order valence-corrected chi connectivity index (χ0v) is 19.9. The van der Waals surface area contributed by atoms with Gasteiger partial charge < -0.3 is 0 Å². The summed E-state index contributed by atoms with van der Waals surface area (Å²) >= 11 is 0. The predicted octanol–water partition coefficient (Wildman–Crippen LogP) is 7.02. The van der Waals surface area contributed by atoms with Gasteiger partial charge in [-0.1, -0.05) is 65.8 Å². The second-order valence-electron chi connectivity index (χ2n) is 10.2. The highest BCUT2D eigenvalue weighted by molar-refractivity contribution is 5.30. The molecule has 2 heterocycles. The summed E-state index contributed by atoms with van der Waals surface area (Å²) in [6.07, 6.45) is 5.47. The van der Waals surface area contributed by atoms with Gasteiger partial charge in [0.2, 0.25) is 0 Å². The van der Waals surface area contributed by atoms with E-state index in [9.17, 15) is 0 Å². The standard InChI is InChI=1S/C15H23N.C11H23N.CH4/c1-11(2)15-9-13-7-5-6-8-14(13)10-16(15)12(3)4;1-9(2)11-7-5-6-8-12(11)10(3)4;/h5-8,11-12,15H,9-10H2,1-4H3;9-11H,5-8H2,1-4H3;1H4. The fraction of sp³-hybridized carbons (Fsp3) is 0.778. The zero-order chi connectivity index (χ0) is 20.8. The van der Waals surface area contributed by atoms with Crippen molar-refractivity contribution in [1.29, 1.82) is 0 Å². The van der Waals surface area contributed by atoms with Gasteiger partial charge in [-0.3, -0.25) is 9.80 Å². The molecule has 2 nitrogen and oxygen atoms in total. The number of hydrogen-bond acceptors (Lipinski definition) is 2. The summed E-state index contributed by atoms with van der Waals surface area (Å²) in [6.45, 7) is 21.1. The number of likely N-dealkylation sites (tertiary alicyclic amines) is 1. The van der Waals surface area contributed by atoms with Crippen LogP contribution in [0.2, 0.25) is 0 Å². The van der Waals surface area contributed by atoms with Crippen molar-refractivity contribution < 1.29 is 0 Å². The van der Waals surface area contributed by atoms with E-state index in [4.69, 9.17) is 0 Å². The van der Waals surface area contributed by atoms with Crippen LogP contribution in [0.1, 0.15) is 93.2 Å². The van der Waals surface area contributed by atoms with Crippen LogP contribution >= 0.6 is 0 Å². The van der Waals surface area contributed by atoms with Crippen molar-refractivity contribution in [3.05, 3.63) is 35.4 Å². The van der Waals surface area contributed by atoms with Gasteiger partial charge in [0.1, 0.15) is 0 Å². The van der Waals surface area contributed by atoms with Gasteiger partial charge in [-0.05, 0) is 76.5 Å². The molecule has 1 aromatic rings. The molecule has 29 heavy (non-hydrogen) atoms. The largest absolute Gasteiger partial charge is 0.298 e. The van der Waals surface area contributed by atoms with Gasteiger partial charge in [-0.15, -0.1) is 0 Å². The van der Waals surface area contributed by atoms with Crippen LogP contribution in [-0.2, 0) is 13.0 Å². The van der Waals surface area contributed by atoms with Crippen LogP contribution in [0.3, 0.4) is 0 Å². The first-order valence-corrected chi connectivity index (χ1v) is 11.8. The maximum atomic E-state index is 2.67. The van der Waals surface area contributed by atoms with Gasteiger partial charge >= 0.3 is 0 Å². The van der Waals surface area contributed by atoms with Crippen molar-refractivity contribution in [2.75, 3.05) is 6.54 Å². The van der Waals surface area contributed by atoms with E-state index in [0.29, 0.717) is 12.1 Å². The molecule has 0 saturated carbocycles. The highest BCUT2D eigenvalue weighted by atomic mass is 15.2. The second-order valence-corrected chi connectivity index (χ2v) is 10.2. The SMILES string of the molecule is C.CC(C)C1CCCCN1C(C)C.CC(C)C1Cc2ccccc2CN1C(C)C. The molecular weight excluding hydrogens is 352 g/mol. The number of piperidine rings is 1. The minimum Gasteiger partial charge on any atom is -0.298 e. The Bertz CT molecular complexity index is 525. The number of rotatable bonds is 4. The second kappa shape index (κ2) is 12.1. The van der Waals surface area contributed by atoms with Crippen LogP contribution in [0.5, 0.6) is 0 Å². The van der Waals surface area contributed by atoms with Crippen molar-refractivity contribution >= 4 is 0 Å². The van der Waals surface area contributed by atoms with Crippen LogP contribution in [0.4, 0.5) is 0 Å². The molecule has 0 aliphatic carbocycles. The first-order chi connectivity index (χ1) is 13.2. The first kappa shape index (κ1) is 26.2. The summed E-state index contributed by atoms with van der Waals surface area (Å²) in [6, 6.07) is 11.8. The van der Waals surface area contributed by atoms with E-state index in [1.165, 1.54) is 37.8 Å². The molecule has 2 aliphatic rings. The van der Waals surface area contributed by atoms with Gasteiger partial charge in [0.05, 0.1) is 0 Å². The Hall–Kier alpha value is -0.860. The molecule has 168 valence electrons. The molecule has 0 aromatic heterocycles. The van der Waals surface area contributed by atoms with Crippen molar-refractivity contribution in [3.8, 4) is 0 Å². The highest BCUT2D eigenvalue weighted by Crippen LogP contribution is 2.28. The molecule has 0 amide bonds. The Morgan fingerprint density at radius 3 is 1.76 bits per heavy atom. The van der Waals surface area contributed by atoms with Crippen LogP contribution in [-0.4, -0.2) is 40.5 Å². The lowest BCUT2D eigenvalue weighted by Gasteiger charge is -2.41. The van der Waals surface area contributed by atoms with E-state index < -0.39 is 0 Å². The molecular formula is C27H50N2. The van der Waals surface area contributed by atoms with Crippen LogP contribution in [0, 0.1) is 11.8 Å². The van der Waals surface area contributed by atoms with E-state index in [1.54, 1.807) is 5.56 Å². The Morgan fingerprint density at radius 1 is 0.724 bits per heavy atom. The third-order valence-corrected chi connectivity index (χ3v) is 6.78. The van der Waals surface area contributed by atoms with Crippen LogP contribution in [0.25, 0.3) is 0 Å². The minimum atomic E-state index is 0. The smallest absolute Gasteiger partial charge is 0.0242 e. The normalized spacial score (nSPS) is 23.0. The maximum Gasteiger partial charge on any atom is 0.0242 e. The first-order valence-electron chi connectivity index (χ1n) is 11.8. The Balaban J connectivity index is 0.000000292. The topological polar surface area (TPSA) is 6.48 Å². The van der Waals surface area contributed by atoms with E-state index in [0.717, 1.165) is 30.5 Å². The summed E-state index contributed by atoms with van der Waals surface area (Å²) < 4.78 is 0. The molecule has 1 aromatic carbocycles. The lowest BCUT2D eigenvalue weighted by Crippen LogP contribution is -2.47. The van der Waals surface area contributed by atoms with E-state index in [1.807, 2.05) is 0 Å². The van der Waals surface area contributed by atoms with Gasteiger partial charge in [-0.2, -0.15) is 0 Å². The third kappa shape index (κ3) is 7.10. The summed E-state index contributed by atoms with van der Waals surface area (Å²) in [7, 11) is 0. The molecule has 0 bridgehead atoms. The quantitative estimate of drug-likeness (QED) is 0.534. The lowest BCUT2D eigenvalue weighted by atomic mass is 9.87. The number of nitrogens with zero attached hydrogens (tertiary/aromatic N) is 2. The van der Waals surface area contributed by atoms with E-state index in [-0.39, 0.29) is 7.43 Å². The Morgan fingerprint density at radius 2 is 1.28 bits per heavy atom. The lowest BCUT2D eigenvalue weighted by molar-refractivity contribution is 0.0808. The molecule has 3 rings (SSSR count). The zero-order valence-electron chi connectivity index (χ0n) is 19.9. The Kier molecular flexibility index (Phi) is 10.9. The number of benzene rings is 1. The molecule has 0 N–H and O–H groups in total. The molecule has 0 spiro atoms. The summed E-state index contributed by atoms with van der Waals surface area (Å²) in [4.78, 5) is 5.32. The molecule has 1 fully saturated rings. The van der Waals surface area contributed by atoms with Gasteiger partial charge in [0.25, 0.3) is 0 Å². The van der Waals surface area contributed by atoms with Gasteiger partial charge in [0.15, 0.2) is 0 Å². The van der Waals surface area contributed by atoms with Crippen LogP contribution in [0.15, 0.2) is 24.3 Å². The molecule has 2 atom stereocenters. The van der Waals surface area contributed by atoms with E-state index >= 15 is 0 Å². The maximum absolute atomic E-state index is 2.67. The fourth-order valence-corrected chi connectivity index (χ4v) is 5.09. The minimum absolute atomic E-state index is 0. The fourth-order valence-electron chi connectivity index (χ4n) is 5.09. The molecule has 0 radical (unpaired) electrons. The molecule has 2 unspecified atom stereocenters. The number of hydrogen-bond donors (Lipinski definition) is 0. The van der Waals surface area contributed by atoms with Gasteiger partial charge in [-0.25, -0.2) is 0 Å². The van der Waals surface area contributed by atoms with Gasteiger partial charge in [0, 0.05) is 30.7 Å². The average molecular weight is 403 g/mol. The van der Waals surface area contributed by atoms with Crippen molar-refractivity contribution in [2.45, 2.75) is 119 Å². The highest BCUT2D eigenvalue weighted by Gasteiger charge is 2.29. The van der Waals surface area contributed by atoms with Crippen LogP contribution < -0.4 is 0 Å². The summed E-state index contributed by atoms with van der Waals surface area (Å²) in [5, 5.41) is 0. The van der Waals surface area contributed by atoms with Crippen molar-refractivity contribution in [2.24, 2.45) is 11.8 Å². The molecule has 2 heteroatoms. The third-order valence-electron chi connectivity index (χ3n) is 6.78. The van der Waals surface area contributed by atoms with Crippen molar-refractivity contribution in [3.63, 3.8) is 0 Å².